The Bertz CT molecular complexity index is 372. The second-order valence-electron chi connectivity index (χ2n) is 2.34. The molecule has 0 fully saturated rings. The summed E-state index contributed by atoms with van der Waals surface area (Å²) in [6, 6.07) is 1.76. The van der Waals surface area contributed by atoms with Gasteiger partial charge in [0, 0.05) is 11.6 Å². The fourth-order valence-electron chi connectivity index (χ4n) is 0.839. The number of isocyanates is 1. The highest BCUT2D eigenvalue weighted by molar-refractivity contribution is 5.41. The SMILES string of the molecule is O=C=NCc1cc(O)c(F)cc1O. The first-order valence-electron chi connectivity index (χ1n) is 3.39. The zero-order valence-electron chi connectivity index (χ0n) is 6.49. The summed E-state index contributed by atoms with van der Waals surface area (Å²) < 4.78 is 12.6. The quantitative estimate of drug-likeness (QED) is 0.409. The number of phenols is 2. The Hall–Kier alpha value is -1.87. The zero-order chi connectivity index (χ0) is 9.84. The minimum absolute atomic E-state index is 0.136. The molecule has 1 rings (SSSR count). The van der Waals surface area contributed by atoms with E-state index >= 15 is 0 Å². The summed E-state index contributed by atoms with van der Waals surface area (Å²) in [5.41, 5.74) is 0.169. The van der Waals surface area contributed by atoms with E-state index in [0.717, 1.165) is 12.1 Å². The van der Waals surface area contributed by atoms with Crippen LogP contribution in [0.1, 0.15) is 5.56 Å². The highest BCUT2D eigenvalue weighted by Crippen LogP contribution is 2.26. The van der Waals surface area contributed by atoms with Crippen LogP contribution in [0.4, 0.5) is 4.39 Å². The first kappa shape index (κ1) is 9.22. The average molecular weight is 183 g/mol. The van der Waals surface area contributed by atoms with Gasteiger partial charge in [-0.3, -0.25) is 0 Å². The van der Waals surface area contributed by atoms with E-state index in [2.05, 4.69) is 4.99 Å². The average Bonchev–Trinajstić information content (AvgIpc) is 2.09. The van der Waals surface area contributed by atoms with E-state index in [1.165, 1.54) is 6.08 Å². The Labute approximate surface area is 73.0 Å². The molecule has 0 aromatic heterocycles. The van der Waals surface area contributed by atoms with Crippen molar-refractivity contribution in [3.63, 3.8) is 0 Å². The first-order chi connectivity index (χ1) is 6.15. The fourth-order valence-corrected chi connectivity index (χ4v) is 0.839. The Morgan fingerprint density at radius 2 is 2.08 bits per heavy atom. The summed E-state index contributed by atoms with van der Waals surface area (Å²) in [4.78, 5) is 12.9. The Morgan fingerprint density at radius 1 is 1.38 bits per heavy atom. The second-order valence-corrected chi connectivity index (χ2v) is 2.34. The van der Waals surface area contributed by atoms with Gasteiger partial charge in [-0.05, 0) is 6.07 Å². The number of hydrogen-bond acceptors (Lipinski definition) is 4. The monoisotopic (exact) mass is 183 g/mol. The number of halogens is 1. The molecule has 0 radical (unpaired) electrons. The second kappa shape index (κ2) is 3.69. The van der Waals surface area contributed by atoms with Crippen molar-refractivity contribution in [2.75, 3.05) is 0 Å². The van der Waals surface area contributed by atoms with Gasteiger partial charge in [-0.15, -0.1) is 0 Å². The van der Waals surface area contributed by atoms with Crippen molar-refractivity contribution in [1.29, 1.82) is 0 Å². The van der Waals surface area contributed by atoms with Crippen LogP contribution in [0.15, 0.2) is 17.1 Å². The van der Waals surface area contributed by atoms with Gasteiger partial charge in [-0.25, -0.2) is 14.2 Å². The van der Waals surface area contributed by atoms with Crippen molar-refractivity contribution in [2.24, 2.45) is 4.99 Å². The summed E-state index contributed by atoms with van der Waals surface area (Å²) in [6.07, 6.45) is 1.27. The number of aliphatic imine (C=N–C) groups is 1. The fraction of sp³-hybridized carbons (Fsp3) is 0.125. The Kier molecular flexibility index (Phi) is 2.62. The third kappa shape index (κ3) is 2.04. The van der Waals surface area contributed by atoms with Gasteiger partial charge in [0.05, 0.1) is 6.54 Å². The molecule has 4 nitrogen and oxygen atoms in total. The molecule has 0 spiro atoms. The highest BCUT2D eigenvalue weighted by Gasteiger charge is 2.07. The largest absolute Gasteiger partial charge is 0.507 e. The van der Waals surface area contributed by atoms with Crippen molar-refractivity contribution in [3.05, 3.63) is 23.5 Å². The summed E-state index contributed by atoms with van der Waals surface area (Å²) in [6.45, 7) is -0.136. The molecule has 2 N–H and O–H groups in total. The standard InChI is InChI=1S/C8H6FNO3/c9-6-2-7(12)5(1-8(6)13)3-10-4-11/h1-2,12-13H,3H2. The van der Waals surface area contributed by atoms with Gasteiger partial charge in [0.25, 0.3) is 0 Å². The lowest BCUT2D eigenvalue weighted by atomic mass is 10.2. The van der Waals surface area contributed by atoms with Crippen molar-refractivity contribution < 1.29 is 19.4 Å². The number of phenolic OH excluding ortho intramolecular Hbond substituents is 2. The molecule has 0 saturated heterocycles. The number of hydrogen-bond donors (Lipinski definition) is 2. The maximum absolute atomic E-state index is 12.6. The lowest BCUT2D eigenvalue weighted by molar-refractivity contribution is 0.418. The summed E-state index contributed by atoms with van der Waals surface area (Å²) in [7, 11) is 0. The molecule has 0 amide bonds. The molecule has 0 atom stereocenters. The van der Waals surface area contributed by atoms with Crippen molar-refractivity contribution in [1.82, 2.24) is 0 Å². The van der Waals surface area contributed by atoms with E-state index in [1.54, 1.807) is 0 Å². The van der Waals surface area contributed by atoms with Crippen molar-refractivity contribution in [2.45, 2.75) is 6.54 Å². The minimum atomic E-state index is -0.920. The molecule has 0 heterocycles. The van der Waals surface area contributed by atoms with E-state index < -0.39 is 11.6 Å². The van der Waals surface area contributed by atoms with Gasteiger partial charge in [0.15, 0.2) is 11.6 Å². The van der Waals surface area contributed by atoms with Gasteiger partial charge >= 0.3 is 0 Å². The Morgan fingerprint density at radius 3 is 2.69 bits per heavy atom. The normalized spacial score (nSPS) is 9.31. The maximum atomic E-state index is 12.6. The van der Waals surface area contributed by atoms with Crippen LogP contribution in [0, 0.1) is 5.82 Å². The van der Waals surface area contributed by atoms with Crippen LogP contribution in [-0.2, 0) is 11.3 Å². The molecule has 0 unspecified atom stereocenters. The van der Waals surface area contributed by atoms with Gasteiger partial charge < -0.3 is 10.2 Å². The number of aromatic hydroxyl groups is 2. The predicted molar refractivity (Wildman–Crippen MR) is 41.6 cm³/mol. The molecule has 0 aliphatic carbocycles. The summed E-state index contributed by atoms with van der Waals surface area (Å²) in [5.74, 6) is -1.86. The molecule has 5 heteroatoms. The lowest BCUT2D eigenvalue weighted by Gasteiger charge is -2.01. The summed E-state index contributed by atoms with van der Waals surface area (Å²) >= 11 is 0. The van der Waals surface area contributed by atoms with Gasteiger partial charge in [-0.2, -0.15) is 0 Å². The van der Waals surface area contributed by atoms with Gasteiger partial charge in [0.1, 0.15) is 5.75 Å². The molecule has 0 saturated carbocycles. The number of carbonyl (C=O) groups excluding carboxylic acids is 1. The molecule has 1 aromatic rings. The van der Waals surface area contributed by atoms with E-state index in [4.69, 9.17) is 10.2 Å². The molecule has 0 aliphatic rings. The van der Waals surface area contributed by atoms with E-state index in [0.29, 0.717) is 0 Å². The van der Waals surface area contributed by atoms with Crippen LogP contribution in [0.25, 0.3) is 0 Å². The van der Waals surface area contributed by atoms with Crippen LogP contribution in [0.5, 0.6) is 11.5 Å². The molecule has 13 heavy (non-hydrogen) atoms. The van der Waals surface area contributed by atoms with Crippen LogP contribution < -0.4 is 0 Å². The first-order valence-corrected chi connectivity index (χ1v) is 3.39. The van der Waals surface area contributed by atoms with E-state index in [9.17, 15) is 9.18 Å². The number of rotatable bonds is 2. The number of nitrogens with zero attached hydrogens (tertiary/aromatic N) is 1. The molecular weight excluding hydrogens is 177 g/mol. The maximum Gasteiger partial charge on any atom is 0.235 e. The molecule has 0 aliphatic heterocycles. The lowest BCUT2D eigenvalue weighted by Crippen LogP contribution is -1.85. The third-order valence-electron chi connectivity index (χ3n) is 1.46. The van der Waals surface area contributed by atoms with E-state index in [1.807, 2.05) is 0 Å². The zero-order valence-corrected chi connectivity index (χ0v) is 6.49. The minimum Gasteiger partial charge on any atom is -0.507 e. The van der Waals surface area contributed by atoms with Gasteiger partial charge in [0.2, 0.25) is 6.08 Å². The molecule has 0 bridgehead atoms. The molecular formula is C8H6FNO3. The van der Waals surface area contributed by atoms with Crippen molar-refractivity contribution in [3.8, 4) is 11.5 Å². The van der Waals surface area contributed by atoms with Crippen LogP contribution in [-0.4, -0.2) is 16.3 Å². The third-order valence-corrected chi connectivity index (χ3v) is 1.46. The smallest absolute Gasteiger partial charge is 0.235 e. The molecule has 1 aromatic carbocycles. The van der Waals surface area contributed by atoms with E-state index in [-0.39, 0.29) is 17.9 Å². The Balaban J connectivity index is 3.07. The van der Waals surface area contributed by atoms with Crippen LogP contribution in [0.2, 0.25) is 0 Å². The highest BCUT2D eigenvalue weighted by atomic mass is 19.1. The molecule has 68 valence electrons. The predicted octanol–water partition coefficient (Wildman–Crippen LogP) is 1.07. The number of benzene rings is 1. The van der Waals surface area contributed by atoms with Crippen LogP contribution in [0.3, 0.4) is 0 Å². The topological polar surface area (TPSA) is 69.9 Å². The van der Waals surface area contributed by atoms with Crippen molar-refractivity contribution >= 4 is 6.08 Å². The van der Waals surface area contributed by atoms with Crippen LogP contribution >= 0.6 is 0 Å². The van der Waals surface area contributed by atoms with Gasteiger partial charge in [-0.1, -0.05) is 0 Å². The summed E-state index contributed by atoms with van der Waals surface area (Å²) in [5, 5.41) is 18.0.